The lowest BCUT2D eigenvalue weighted by Gasteiger charge is -2.34. The van der Waals surface area contributed by atoms with Crippen molar-refractivity contribution in [3.8, 4) is 0 Å². The lowest BCUT2D eigenvalue weighted by Crippen LogP contribution is -2.55. The van der Waals surface area contributed by atoms with Crippen LogP contribution in [0.25, 0.3) is 0 Å². The van der Waals surface area contributed by atoms with Crippen molar-refractivity contribution in [2.75, 3.05) is 41.0 Å². The van der Waals surface area contributed by atoms with Crippen molar-refractivity contribution in [1.29, 1.82) is 0 Å². The second-order valence-electron chi connectivity index (χ2n) is 15.5. The Bertz CT molecular complexity index is 1260. The molecule has 2 unspecified atom stereocenters. The largest absolute Gasteiger partial charge is 0.544 e. The van der Waals surface area contributed by atoms with Crippen molar-refractivity contribution < 1.29 is 38.2 Å². The van der Waals surface area contributed by atoms with E-state index in [-0.39, 0.29) is 49.1 Å². The SMILES string of the molecule is CC/C=C/C/C=C/C/C=C/C/C=C/C/C=C/C/C=C/C/C=C/CCCC(=O)OCC(COCCC(C(=O)[O-])[N+](C)(C)C)OC(=O)CCCCCCC/C=C/CCCC. The van der Waals surface area contributed by atoms with E-state index in [1.807, 2.05) is 0 Å². The quantitative estimate of drug-likeness (QED) is 0.0265. The fourth-order valence-corrected chi connectivity index (χ4v) is 5.74. The minimum atomic E-state index is -1.14. The van der Waals surface area contributed by atoms with Crippen LogP contribution >= 0.6 is 0 Å². The summed E-state index contributed by atoms with van der Waals surface area (Å²) in [5, 5.41) is 11.6. The molecule has 328 valence electrons. The summed E-state index contributed by atoms with van der Waals surface area (Å²) in [6.07, 6.45) is 53.0. The van der Waals surface area contributed by atoms with Crippen molar-refractivity contribution in [3.63, 3.8) is 0 Å². The highest BCUT2D eigenvalue weighted by Crippen LogP contribution is 2.12. The molecule has 0 radical (unpaired) electrons. The number of hydrogen-bond donors (Lipinski definition) is 0. The first-order valence-electron chi connectivity index (χ1n) is 22.3. The van der Waals surface area contributed by atoms with Gasteiger partial charge in [-0.1, -0.05) is 143 Å². The molecule has 0 aromatic rings. The first-order chi connectivity index (χ1) is 28.1. The number of unbranched alkanes of at least 4 members (excludes halogenated alkanes) is 8. The van der Waals surface area contributed by atoms with E-state index in [4.69, 9.17) is 14.2 Å². The number of likely N-dealkylation sites (N-methyl/N-ethyl adjacent to an activating group) is 1. The van der Waals surface area contributed by atoms with Gasteiger partial charge in [-0.25, -0.2) is 0 Å². The molecule has 0 aromatic carbocycles. The molecule has 58 heavy (non-hydrogen) atoms. The predicted octanol–water partition coefficient (Wildman–Crippen LogP) is 11.0. The molecule has 0 N–H and O–H groups in total. The number of hydrogen-bond acceptors (Lipinski definition) is 7. The zero-order valence-electron chi connectivity index (χ0n) is 37.2. The molecule has 0 amide bonds. The van der Waals surface area contributed by atoms with Crippen LogP contribution in [0.4, 0.5) is 0 Å². The Morgan fingerprint density at radius 2 is 0.983 bits per heavy atom. The van der Waals surface area contributed by atoms with Gasteiger partial charge in [-0.3, -0.25) is 9.59 Å². The maximum absolute atomic E-state index is 12.7. The van der Waals surface area contributed by atoms with Crippen LogP contribution in [-0.4, -0.2) is 75.5 Å². The Balaban J connectivity index is 4.42. The monoisotopic (exact) mass is 808 g/mol. The zero-order valence-corrected chi connectivity index (χ0v) is 37.2. The van der Waals surface area contributed by atoms with E-state index < -0.39 is 18.1 Å². The number of carbonyl (C=O) groups excluding carboxylic acids is 3. The highest BCUT2D eigenvalue weighted by Gasteiger charge is 2.25. The second-order valence-corrected chi connectivity index (χ2v) is 15.5. The number of allylic oxidation sites excluding steroid dienone is 16. The molecule has 0 aliphatic carbocycles. The van der Waals surface area contributed by atoms with Gasteiger partial charge < -0.3 is 28.6 Å². The highest BCUT2D eigenvalue weighted by molar-refractivity contribution is 5.70. The zero-order chi connectivity index (χ0) is 42.8. The van der Waals surface area contributed by atoms with E-state index >= 15 is 0 Å². The normalized spacial score (nSPS) is 13.9. The first kappa shape index (κ1) is 54.2. The molecule has 0 aliphatic rings. The van der Waals surface area contributed by atoms with Crippen molar-refractivity contribution in [2.45, 2.75) is 161 Å². The molecule has 8 heteroatoms. The fraction of sp³-hybridized carbons (Fsp3) is 0.620. The Kier molecular flexibility index (Phi) is 37.5. The average molecular weight is 808 g/mol. The van der Waals surface area contributed by atoms with Gasteiger partial charge in [0.1, 0.15) is 12.6 Å². The standard InChI is InChI=1S/C50H81NO7/c1-6-8-10-12-14-16-18-19-20-21-22-23-24-25-26-27-28-29-31-32-34-36-38-40-48(52)57-45-46(44-56-43-42-47(50(54)55)51(3,4)5)58-49(53)41-39-37-35-33-30-17-15-13-11-9-7-2/h8,10,13-16,19-20,22-23,25-26,28-29,32,34,46-47H,6-7,9,11-12,17-18,21,24,27,30-31,33,35-45H2,1-5H3/b10-8+,15-13+,16-14+,20-19+,23-22+,26-25+,29-28+,34-32+. The van der Waals surface area contributed by atoms with Crippen LogP contribution in [0.1, 0.15) is 149 Å². The summed E-state index contributed by atoms with van der Waals surface area (Å²) >= 11 is 0. The number of rotatable bonds is 38. The van der Waals surface area contributed by atoms with Gasteiger partial charge in [0.15, 0.2) is 6.10 Å². The minimum absolute atomic E-state index is 0.0129. The Hall–Kier alpha value is -3.75. The third-order valence-electron chi connectivity index (χ3n) is 9.20. The van der Waals surface area contributed by atoms with E-state index in [1.54, 1.807) is 21.1 Å². The average Bonchev–Trinajstić information content (AvgIpc) is 3.18. The van der Waals surface area contributed by atoms with E-state index in [9.17, 15) is 19.5 Å². The summed E-state index contributed by atoms with van der Waals surface area (Å²) in [5.74, 6) is -1.84. The molecule has 0 aromatic heterocycles. The molecule has 0 heterocycles. The maximum atomic E-state index is 12.7. The third-order valence-corrected chi connectivity index (χ3v) is 9.20. The molecule has 0 bridgehead atoms. The van der Waals surface area contributed by atoms with Gasteiger partial charge in [-0.2, -0.15) is 0 Å². The van der Waals surface area contributed by atoms with Gasteiger partial charge in [0.2, 0.25) is 0 Å². The van der Waals surface area contributed by atoms with Gasteiger partial charge >= 0.3 is 11.9 Å². The van der Waals surface area contributed by atoms with Crippen molar-refractivity contribution in [3.05, 3.63) is 97.2 Å². The molecule has 2 atom stereocenters. The van der Waals surface area contributed by atoms with E-state index in [1.165, 1.54) is 12.8 Å². The fourth-order valence-electron chi connectivity index (χ4n) is 5.74. The molecule has 0 aliphatic heterocycles. The molecule has 0 saturated carbocycles. The van der Waals surface area contributed by atoms with Crippen molar-refractivity contribution >= 4 is 17.9 Å². The Labute approximate surface area is 354 Å². The number of ether oxygens (including phenoxy) is 3. The number of esters is 2. The topological polar surface area (TPSA) is 102 Å². The third kappa shape index (κ3) is 37.8. The number of carboxylic acid groups (broad SMARTS) is 1. The van der Waals surface area contributed by atoms with E-state index in [0.29, 0.717) is 12.8 Å². The van der Waals surface area contributed by atoms with Crippen molar-refractivity contribution in [2.24, 2.45) is 0 Å². The Morgan fingerprint density at radius 3 is 1.50 bits per heavy atom. The molecular weight excluding hydrogens is 727 g/mol. The number of carboxylic acids is 1. The summed E-state index contributed by atoms with van der Waals surface area (Å²) in [6, 6.07) is -0.740. The number of quaternary nitrogens is 1. The van der Waals surface area contributed by atoms with E-state index in [2.05, 4.69) is 111 Å². The number of carbonyl (C=O) groups is 3. The summed E-state index contributed by atoms with van der Waals surface area (Å²) < 4.78 is 17.1. The van der Waals surface area contributed by atoms with Gasteiger partial charge in [0.05, 0.1) is 40.3 Å². The maximum Gasteiger partial charge on any atom is 0.306 e. The summed E-state index contributed by atoms with van der Waals surface area (Å²) in [4.78, 5) is 36.8. The van der Waals surface area contributed by atoms with Gasteiger partial charge in [-0.15, -0.1) is 0 Å². The summed E-state index contributed by atoms with van der Waals surface area (Å²) in [6.45, 7) is 4.41. The molecule has 0 fully saturated rings. The van der Waals surface area contributed by atoms with Crippen LogP contribution in [0.15, 0.2) is 97.2 Å². The van der Waals surface area contributed by atoms with Crippen LogP contribution in [0, 0.1) is 0 Å². The summed E-state index contributed by atoms with van der Waals surface area (Å²) in [7, 11) is 5.37. The van der Waals surface area contributed by atoms with E-state index in [0.717, 1.165) is 96.3 Å². The summed E-state index contributed by atoms with van der Waals surface area (Å²) in [5.41, 5.74) is 0. The highest BCUT2D eigenvalue weighted by atomic mass is 16.6. The lowest BCUT2D eigenvalue weighted by atomic mass is 10.1. The number of aliphatic carboxylic acids is 1. The predicted molar refractivity (Wildman–Crippen MR) is 240 cm³/mol. The van der Waals surface area contributed by atoms with Gasteiger partial charge in [0.25, 0.3) is 0 Å². The molecule has 0 rings (SSSR count). The second kappa shape index (κ2) is 40.0. The van der Waals surface area contributed by atoms with Crippen LogP contribution in [0.3, 0.4) is 0 Å². The molecule has 0 saturated heterocycles. The van der Waals surface area contributed by atoms with Gasteiger partial charge in [-0.05, 0) is 83.5 Å². The molecule has 0 spiro atoms. The lowest BCUT2D eigenvalue weighted by molar-refractivity contribution is -0.889. The Morgan fingerprint density at radius 1 is 0.534 bits per heavy atom. The minimum Gasteiger partial charge on any atom is -0.544 e. The van der Waals surface area contributed by atoms with Gasteiger partial charge in [0, 0.05) is 19.3 Å². The first-order valence-corrected chi connectivity index (χ1v) is 22.3. The van der Waals surface area contributed by atoms with Crippen LogP contribution in [0.5, 0.6) is 0 Å². The van der Waals surface area contributed by atoms with Crippen LogP contribution < -0.4 is 5.11 Å². The van der Waals surface area contributed by atoms with Crippen LogP contribution in [0.2, 0.25) is 0 Å². The smallest absolute Gasteiger partial charge is 0.306 e. The molecular formula is C50H81NO7. The van der Waals surface area contributed by atoms with Crippen LogP contribution in [-0.2, 0) is 28.6 Å². The van der Waals surface area contributed by atoms with Crippen molar-refractivity contribution in [1.82, 2.24) is 0 Å². The molecule has 8 nitrogen and oxygen atoms in total. The number of nitrogens with zero attached hydrogens (tertiary/aromatic N) is 1.